The van der Waals surface area contributed by atoms with E-state index in [9.17, 15) is 13.2 Å². The van der Waals surface area contributed by atoms with Crippen LogP contribution in [-0.2, 0) is 21.4 Å². The zero-order chi connectivity index (χ0) is 21.0. The van der Waals surface area contributed by atoms with Gasteiger partial charge >= 0.3 is 0 Å². The van der Waals surface area contributed by atoms with Gasteiger partial charge in [0.1, 0.15) is 0 Å². The summed E-state index contributed by atoms with van der Waals surface area (Å²) in [6.07, 6.45) is 0. The molecular weight excluding hydrogens is 410 g/mol. The van der Waals surface area contributed by atoms with Gasteiger partial charge in [-0.3, -0.25) is 9.69 Å². The second kappa shape index (κ2) is 9.26. The molecule has 29 heavy (non-hydrogen) atoms. The number of amides is 1. The second-order valence-corrected chi connectivity index (χ2v) is 9.65. The molecule has 0 saturated carbocycles. The van der Waals surface area contributed by atoms with Crippen molar-refractivity contribution in [3.8, 4) is 0 Å². The number of rotatable bonds is 6. The molecule has 0 aliphatic carbocycles. The maximum Gasteiger partial charge on any atom is 0.243 e. The molecule has 1 aliphatic heterocycles. The van der Waals surface area contributed by atoms with Crippen LogP contribution in [0.1, 0.15) is 18.1 Å². The number of hydrogen-bond donors (Lipinski definition) is 1. The number of carbonyl (C=O) groups excluding carboxylic acids is 1. The highest BCUT2D eigenvalue weighted by atomic mass is 35.5. The molecule has 0 radical (unpaired) electrons. The predicted molar refractivity (Wildman–Crippen MR) is 114 cm³/mol. The number of nitrogens with one attached hydrogen (secondary N) is 1. The number of sulfonamides is 1. The summed E-state index contributed by atoms with van der Waals surface area (Å²) in [6, 6.07) is 13.9. The van der Waals surface area contributed by atoms with E-state index >= 15 is 0 Å². The summed E-state index contributed by atoms with van der Waals surface area (Å²) in [5.74, 6) is -0.0743. The molecule has 1 amide bonds. The van der Waals surface area contributed by atoms with Gasteiger partial charge in [-0.25, -0.2) is 8.42 Å². The topological polar surface area (TPSA) is 69.7 Å². The van der Waals surface area contributed by atoms with Crippen LogP contribution in [0.25, 0.3) is 0 Å². The number of aryl methyl sites for hydroxylation is 1. The van der Waals surface area contributed by atoms with Gasteiger partial charge in [-0.1, -0.05) is 41.4 Å². The number of piperazine rings is 1. The third kappa shape index (κ3) is 5.36. The van der Waals surface area contributed by atoms with Crippen LogP contribution < -0.4 is 5.32 Å². The Balaban J connectivity index is 1.53. The van der Waals surface area contributed by atoms with Crippen LogP contribution >= 0.6 is 11.6 Å². The smallest absolute Gasteiger partial charge is 0.243 e. The average molecular weight is 436 g/mol. The van der Waals surface area contributed by atoms with Crippen molar-refractivity contribution in [1.29, 1.82) is 0 Å². The highest BCUT2D eigenvalue weighted by molar-refractivity contribution is 7.89. The molecule has 8 heteroatoms. The fourth-order valence-electron chi connectivity index (χ4n) is 3.30. The van der Waals surface area contributed by atoms with Gasteiger partial charge in [0, 0.05) is 37.7 Å². The Hall–Kier alpha value is -1.93. The molecule has 1 heterocycles. The van der Waals surface area contributed by atoms with Crippen molar-refractivity contribution in [2.75, 3.05) is 26.2 Å². The molecule has 2 aromatic carbocycles. The van der Waals surface area contributed by atoms with Gasteiger partial charge in [0.15, 0.2) is 0 Å². The van der Waals surface area contributed by atoms with E-state index in [2.05, 4.69) is 5.32 Å². The van der Waals surface area contributed by atoms with Crippen LogP contribution in [0.2, 0.25) is 5.02 Å². The van der Waals surface area contributed by atoms with Gasteiger partial charge in [0.2, 0.25) is 15.9 Å². The molecule has 6 nitrogen and oxygen atoms in total. The van der Waals surface area contributed by atoms with E-state index in [1.165, 1.54) is 4.31 Å². The van der Waals surface area contributed by atoms with E-state index < -0.39 is 10.0 Å². The second-order valence-electron chi connectivity index (χ2n) is 7.27. The molecule has 1 N–H and O–H groups in total. The van der Waals surface area contributed by atoms with E-state index in [0.717, 1.165) is 11.1 Å². The Morgan fingerprint density at radius 2 is 1.62 bits per heavy atom. The molecule has 0 bridgehead atoms. The molecule has 1 unspecified atom stereocenters. The van der Waals surface area contributed by atoms with Crippen LogP contribution in [0.15, 0.2) is 53.4 Å². The van der Waals surface area contributed by atoms with Gasteiger partial charge in [0.25, 0.3) is 0 Å². The average Bonchev–Trinajstić information content (AvgIpc) is 2.73. The van der Waals surface area contributed by atoms with Crippen LogP contribution in [0.4, 0.5) is 0 Å². The van der Waals surface area contributed by atoms with Gasteiger partial charge < -0.3 is 5.32 Å². The summed E-state index contributed by atoms with van der Waals surface area (Å²) in [5.41, 5.74) is 2.00. The molecule has 3 rings (SSSR count). The summed E-state index contributed by atoms with van der Waals surface area (Å²) in [4.78, 5) is 14.8. The summed E-state index contributed by atoms with van der Waals surface area (Å²) in [6.45, 7) is 5.97. The third-order valence-electron chi connectivity index (χ3n) is 5.24. The number of halogens is 1. The summed E-state index contributed by atoms with van der Waals surface area (Å²) >= 11 is 5.88. The van der Waals surface area contributed by atoms with E-state index in [1.807, 2.05) is 30.9 Å². The predicted octanol–water partition coefficient (Wildman–Crippen LogP) is 2.66. The standard InChI is InChI=1S/C21H26ClN3O3S/c1-16-3-9-20(10-4-16)29(27,28)25-13-11-24(12-14-25)17(2)21(26)23-15-18-5-7-19(22)8-6-18/h3-10,17H,11-15H2,1-2H3,(H,23,26). The van der Waals surface area contributed by atoms with E-state index in [4.69, 9.17) is 11.6 Å². The first-order chi connectivity index (χ1) is 13.8. The molecule has 156 valence electrons. The minimum Gasteiger partial charge on any atom is -0.351 e. The number of benzene rings is 2. The lowest BCUT2D eigenvalue weighted by Crippen LogP contribution is -2.54. The minimum absolute atomic E-state index is 0.0743. The quantitative estimate of drug-likeness (QED) is 0.757. The van der Waals surface area contributed by atoms with Crippen molar-refractivity contribution in [2.24, 2.45) is 0 Å². The van der Waals surface area contributed by atoms with E-state index in [1.54, 1.807) is 36.4 Å². The molecule has 1 saturated heterocycles. The van der Waals surface area contributed by atoms with Crippen molar-refractivity contribution < 1.29 is 13.2 Å². The number of carbonyl (C=O) groups is 1. The fraction of sp³-hybridized carbons (Fsp3) is 0.381. The van der Waals surface area contributed by atoms with Crippen LogP contribution in [0.5, 0.6) is 0 Å². The lowest BCUT2D eigenvalue weighted by atomic mass is 10.2. The lowest BCUT2D eigenvalue weighted by molar-refractivity contribution is -0.126. The SMILES string of the molecule is Cc1ccc(S(=O)(=O)N2CCN(C(C)C(=O)NCc3ccc(Cl)cc3)CC2)cc1. The maximum absolute atomic E-state index is 12.8. The highest BCUT2D eigenvalue weighted by Crippen LogP contribution is 2.19. The zero-order valence-corrected chi connectivity index (χ0v) is 18.2. The van der Waals surface area contributed by atoms with Crippen molar-refractivity contribution in [3.05, 3.63) is 64.7 Å². The molecular formula is C21H26ClN3O3S. The van der Waals surface area contributed by atoms with Gasteiger partial charge in [-0.2, -0.15) is 4.31 Å². The van der Waals surface area contributed by atoms with E-state index in [-0.39, 0.29) is 11.9 Å². The number of nitrogens with zero attached hydrogens (tertiary/aromatic N) is 2. The first-order valence-corrected chi connectivity index (χ1v) is 11.4. The van der Waals surface area contributed by atoms with Gasteiger partial charge in [0.05, 0.1) is 10.9 Å². The lowest BCUT2D eigenvalue weighted by Gasteiger charge is -2.36. The largest absolute Gasteiger partial charge is 0.351 e. The third-order valence-corrected chi connectivity index (χ3v) is 7.40. The molecule has 1 aliphatic rings. The van der Waals surface area contributed by atoms with Crippen LogP contribution in [0.3, 0.4) is 0 Å². The summed E-state index contributed by atoms with van der Waals surface area (Å²) < 4.78 is 27.1. The Kier molecular flexibility index (Phi) is 6.95. The number of hydrogen-bond acceptors (Lipinski definition) is 4. The molecule has 0 aromatic heterocycles. The Bertz CT molecular complexity index is 938. The molecule has 1 atom stereocenters. The first-order valence-electron chi connectivity index (χ1n) is 9.60. The van der Waals surface area contributed by atoms with Crippen molar-refractivity contribution in [1.82, 2.24) is 14.5 Å². The summed E-state index contributed by atoms with van der Waals surface area (Å²) in [7, 11) is -3.50. The Labute approximate surface area is 177 Å². The first kappa shape index (κ1) is 21.8. The molecule has 2 aromatic rings. The van der Waals surface area contributed by atoms with Crippen LogP contribution in [-0.4, -0.2) is 55.8 Å². The Morgan fingerprint density at radius 1 is 1.03 bits per heavy atom. The van der Waals surface area contributed by atoms with Gasteiger partial charge in [-0.15, -0.1) is 0 Å². The molecule has 1 fully saturated rings. The van der Waals surface area contributed by atoms with Crippen molar-refractivity contribution in [3.63, 3.8) is 0 Å². The zero-order valence-electron chi connectivity index (χ0n) is 16.6. The minimum atomic E-state index is -3.50. The highest BCUT2D eigenvalue weighted by Gasteiger charge is 2.31. The molecule has 0 spiro atoms. The van der Waals surface area contributed by atoms with Crippen molar-refractivity contribution in [2.45, 2.75) is 31.3 Å². The Morgan fingerprint density at radius 3 is 2.21 bits per heavy atom. The van der Waals surface area contributed by atoms with Crippen molar-refractivity contribution >= 4 is 27.5 Å². The van der Waals surface area contributed by atoms with E-state index in [0.29, 0.717) is 42.6 Å². The fourth-order valence-corrected chi connectivity index (χ4v) is 4.84. The van der Waals surface area contributed by atoms with Crippen LogP contribution in [0, 0.1) is 6.92 Å². The summed E-state index contributed by atoms with van der Waals surface area (Å²) in [5, 5.41) is 3.59. The maximum atomic E-state index is 12.8. The van der Waals surface area contributed by atoms with Gasteiger partial charge in [-0.05, 0) is 43.7 Å². The monoisotopic (exact) mass is 435 g/mol. The normalized spacial score (nSPS) is 17.1.